The van der Waals surface area contributed by atoms with Crippen LogP contribution in [0.5, 0.6) is 0 Å². The summed E-state index contributed by atoms with van der Waals surface area (Å²) in [6.07, 6.45) is 24.5. The van der Waals surface area contributed by atoms with E-state index in [0.717, 1.165) is 70.8 Å². The zero-order valence-electron chi connectivity index (χ0n) is 26.6. The molecule has 0 radical (unpaired) electrons. The summed E-state index contributed by atoms with van der Waals surface area (Å²) >= 11 is 4.60. The van der Waals surface area contributed by atoms with Crippen molar-refractivity contribution in [2.75, 3.05) is 24.8 Å². The van der Waals surface area contributed by atoms with Crippen molar-refractivity contribution >= 4 is 45.2 Å². The minimum Gasteiger partial charge on any atom is -0.396 e. The maximum Gasteiger partial charge on any atom is 0.0579 e. The Balaban J connectivity index is -0.000000248. The van der Waals surface area contributed by atoms with Crippen LogP contribution < -0.4 is 0 Å². The summed E-state index contributed by atoms with van der Waals surface area (Å²) in [7, 11) is 0. The third-order valence-electron chi connectivity index (χ3n) is 7.55. The van der Waals surface area contributed by atoms with Gasteiger partial charge < -0.3 is 14.9 Å². The molecule has 1 aliphatic heterocycles. The summed E-state index contributed by atoms with van der Waals surface area (Å²) in [6.45, 7) is 31.8. The molecule has 0 aromatic rings. The Kier molecular flexibility index (Phi) is 35.2. The highest BCUT2D eigenvalue weighted by Crippen LogP contribution is 2.40. The molecule has 0 amide bonds. The third-order valence-corrected chi connectivity index (χ3v) is 8.87. The van der Waals surface area contributed by atoms with E-state index in [-0.39, 0.29) is 31.5 Å². The van der Waals surface area contributed by atoms with E-state index in [1.807, 2.05) is 47.5 Å². The van der Waals surface area contributed by atoms with Crippen LogP contribution in [0.25, 0.3) is 0 Å². The maximum atomic E-state index is 9.48. The molecule has 0 saturated carbocycles. The van der Waals surface area contributed by atoms with Crippen molar-refractivity contribution in [2.24, 2.45) is 16.2 Å². The Hall–Kier alpha value is -0.480. The van der Waals surface area contributed by atoms with Gasteiger partial charge in [-0.3, -0.25) is 0 Å². The number of rotatable bonds is 20. The molecule has 1 fully saturated rings. The first-order valence-electron chi connectivity index (χ1n) is 14.8. The maximum absolute atomic E-state index is 9.48. The lowest BCUT2D eigenvalue weighted by Gasteiger charge is -2.31. The smallest absolute Gasteiger partial charge is 0.0579 e. The Labute approximate surface area is 289 Å². The lowest BCUT2D eigenvalue weighted by Crippen LogP contribution is -2.27. The molecule has 1 rings (SSSR count). The summed E-state index contributed by atoms with van der Waals surface area (Å²) in [5.74, 6) is 0. The van der Waals surface area contributed by atoms with Crippen LogP contribution in [0, 0.1) is 16.2 Å². The number of aliphatic hydroxyl groups is 2. The SMILES string of the molecule is C.C=CCC(CO)(CC=C)CC(I)CC.C=CCC(CO)(CC=C)CC=C.C=CCC1(CC=C)COC(CC)C1.CI. The van der Waals surface area contributed by atoms with Gasteiger partial charge in [-0.05, 0) is 75.6 Å². The lowest BCUT2D eigenvalue weighted by molar-refractivity contribution is 0.0930. The second-order valence-electron chi connectivity index (χ2n) is 11.0. The second-order valence-corrected chi connectivity index (χ2v) is 12.8. The van der Waals surface area contributed by atoms with Crippen LogP contribution in [0.2, 0.25) is 0 Å². The van der Waals surface area contributed by atoms with Gasteiger partial charge in [-0.1, -0.05) is 109 Å². The molecule has 5 heteroatoms. The van der Waals surface area contributed by atoms with Gasteiger partial charge in [0.1, 0.15) is 0 Å². The van der Waals surface area contributed by atoms with E-state index in [1.54, 1.807) is 0 Å². The van der Waals surface area contributed by atoms with Gasteiger partial charge in [0.25, 0.3) is 0 Å². The fourth-order valence-corrected chi connectivity index (χ4v) is 6.10. The molecule has 1 heterocycles. The molecular formula is C37H66I2O3. The summed E-state index contributed by atoms with van der Waals surface area (Å²) in [5.41, 5.74) is 0.181. The van der Waals surface area contributed by atoms with Crippen molar-refractivity contribution in [1.82, 2.24) is 0 Å². The van der Waals surface area contributed by atoms with E-state index in [4.69, 9.17) is 4.74 Å². The average Bonchev–Trinajstić information content (AvgIpc) is 3.38. The van der Waals surface area contributed by atoms with E-state index in [1.165, 1.54) is 6.42 Å². The van der Waals surface area contributed by atoms with Crippen LogP contribution in [0.1, 0.15) is 91.9 Å². The van der Waals surface area contributed by atoms with Gasteiger partial charge in [0, 0.05) is 33.4 Å². The van der Waals surface area contributed by atoms with Crippen LogP contribution in [-0.4, -0.2) is 45.0 Å². The van der Waals surface area contributed by atoms with Gasteiger partial charge >= 0.3 is 0 Å². The average molecular weight is 813 g/mol. The Morgan fingerprint density at radius 3 is 1.40 bits per heavy atom. The number of aliphatic hydroxyl groups excluding tert-OH is 2. The van der Waals surface area contributed by atoms with E-state index < -0.39 is 0 Å². The Bertz CT molecular complexity index is 669. The van der Waals surface area contributed by atoms with E-state index in [0.29, 0.717) is 15.4 Å². The minimum atomic E-state index is -0.106. The number of allylic oxidation sites excluding steroid dienone is 7. The molecular weight excluding hydrogens is 746 g/mol. The predicted molar refractivity (Wildman–Crippen MR) is 209 cm³/mol. The zero-order chi connectivity index (χ0) is 32.2. The van der Waals surface area contributed by atoms with Crippen LogP contribution in [0.15, 0.2) is 88.6 Å². The number of hydrogen-bond donors (Lipinski definition) is 2. The van der Waals surface area contributed by atoms with Crippen molar-refractivity contribution in [3.63, 3.8) is 0 Å². The molecule has 0 spiro atoms. The summed E-state index contributed by atoms with van der Waals surface area (Å²) in [5, 5.41) is 18.7. The molecule has 2 unspecified atom stereocenters. The number of halogens is 2. The van der Waals surface area contributed by atoms with Crippen LogP contribution in [0.4, 0.5) is 0 Å². The highest BCUT2D eigenvalue weighted by atomic mass is 127. The first kappa shape index (κ1) is 48.4. The van der Waals surface area contributed by atoms with Crippen LogP contribution in [0.3, 0.4) is 0 Å². The Morgan fingerprint density at radius 1 is 0.762 bits per heavy atom. The van der Waals surface area contributed by atoms with Crippen molar-refractivity contribution < 1.29 is 14.9 Å². The minimum absolute atomic E-state index is 0. The lowest BCUT2D eigenvalue weighted by atomic mass is 9.77. The van der Waals surface area contributed by atoms with Crippen molar-refractivity contribution in [3.05, 3.63) is 88.6 Å². The number of ether oxygens (including phenoxy) is 1. The zero-order valence-corrected chi connectivity index (χ0v) is 30.9. The highest BCUT2D eigenvalue weighted by molar-refractivity contribution is 14.1. The molecule has 0 bridgehead atoms. The van der Waals surface area contributed by atoms with Gasteiger partial charge in [-0.25, -0.2) is 0 Å². The molecule has 1 aliphatic rings. The molecule has 0 aromatic heterocycles. The highest BCUT2D eigenvalue weighted by Gasteiger charge is 2.37. The molecule has 2 N–H and O–H groups in total. The second kappa shape index (κ2) is 30.5. The van der Waals surface area contributed by atoms with E-state index in [9.17, 15) is 10.2 Å². The fraction of sp³-hybridized carbons (Fsp3) is 0.622. The molecule has 0 aromatic carbocycles. The number of alkyl halides is 2. The van der Waals surface area contributed by atoms with E-state index >= 15 is 0 Å². The molecule has 0 aliphatic carbocycles. The third kappa shape index (κ3) is 20.5. The van der Waals surface area contributed by atoms with Crippen molar-refractivity contribution in [3.8, 4) is 0 Å². The quantitative estimate of drug-likeness (QED) is 0.0731. The summed E-state index contributed by atoms with van der Waals surface area (Å²) < 4.78 is 6.35. The summed E-state index contributed by atoms with van der Waals surface area (Å²) in [4.78, 5) is 1.97. The van der Waals surface area contributed by atoms with Gasteiger partial charge in [0.05, 0.1) is 12.7 Å². The normalized spacial score (nSPS) is 15.7. The number of hydrogen-bond acceptors (Lipinski definition) is 3. The first-order chi connectivity index (χ1) is 19.6. The summed E-state index contributed by atoms with van der Waals surface area (Å²) in [6, 6.07) is 0. The van der Waals surface area contributed by atoms with Crippen molar-refractivity contribution in [1.29, 1.82) is 0 Å². The van der Waals surface area contributed by atoms with Gasteiger partial charge in [-0.15, -0.1) is 46.1 Å². The van der Waals surface area contributed by atoms with Crippen LogP contribution >= 0.6 is 45.2 Å². The molecule has 246 valence electrons. The topological polar surface area (TPSA) is 49.7 Å². The molecule has 42 heavy (non-hydrogen) atoms. The fourth-order valence-electron chi connectivity index (χ4n) is 5.17. The van der Waals surface area contributed by atoms with Crippen molar-refractivity contribution in [2.45, 2.75) is 102 Å². The molecule has 3 nitrogen and oxygen atoms in total. The molecule has 2 atom stereocenters. The Morgan fingerprint density at radius 2 is 1.14 bits per heavy atom. The van der Waals surface area contributed by atoms with Gasteiger partial charge in [0.15, 0.2) is 0 Å². The standard InChI is InChI=1S/C12H21IO.C12H20O.C11H18O.CH3I.CH4/c1-4-7-12(10-14,8-5-2)9-11(13)6-3;1-4-7-12(8-5-2)9-11(6-3)13-10-12;1-4-7-11(10-12,8-5-2)9-6-3;1-2;/h4-5,11,14H,1-2,6-10H2,3H3;4-5,11H,1-2,6-10H2,3H3;4-6,12H,1-3,7-10H2;1H3;1H4. The first-order valence-corrected chi connectivity index (χ1v) is 18.2. The predicted octanol–water partition coefficient (Wildman–Crippen LogP) is 11.4. The van der Waals surface area contributed by atoms with Gasteiger partial charge in [0.2, 0.25) is 0 Å². The monoisotopic (exact) mass is 812 g/mol. The van der Waals surface area contributed by atoms with Crippen LogP contribution in [-0.2, 0) is 4.74 Å². The largest absolute Gasteiger partial charge is 0.396 e. The van der Waals surface area contributed by atoms with E-state index in [2.05, 4.69) is 105 Å². The molecule has 1 saturated heterocycles. The van der Waals surface area contributed by atoms with Gasteiger partial charge in [-0.2, -0.15) is 0 Å².